The van der Waals surface area contributed by atoms with Crippen molar-refractivity contribution in [3.8, 4) is 0 Å². The number of hydrogen-bond acceptors (Lipinski definition) is 5. The van der Waals surface area contributed by atoms with Gasteiger partial charge in [-0.25, -0.2) is 13.2 Å². The van der Waals surface area contributed by atoms with E-state index in [0.29, 0.717) is 6.42 Å². The average Bonchev–Trinajstić information content (AvgIpc) is 1.97. The summed E-state index contributed by atoms with van der Waals surface area (Å²) in [5.41, 5.74) is 0. The first kappa shape index (κ1) is 12.2. The summed E-state index contributed by atoms with van der Waals surface area (Å²) in [5.74, 6) is 0.0202. The molecule has 0 aliphatic heterocycles. The summed E-state index contributed by atoms with van der Waals surface area (Å²) in [6, 6.07) is 0. The van der Waals surface area contributed by atoms with Crippen LogP contribution in [-0.4, -0.2) is 39.8 Å². The van der Waals surface area contributed by atoms with Crippen LogP contribution in [0, 0.1) is 0 Å². The lowest BCUT2D eigenvalue weighted by Crippen LogP contribution is -2.11. The van der Waals surface area contributed by atoms with E-state index in [-0.39, 0.29) is 19.0 Å². The van der Waals surface area contributed by atoms with Crippen LogP contribution in [0.3, 0.4) is 0 Å². The fourth-order valence-corrected chi connectivity index (χ4v) is 1.28. The van der Waals surface area contributed by atoms with Crippen molar-refractivity contribution in [1.29, 1.82) is 0 Å². The Kier molecular flexibility index (Phi) is 5.45. The van der Waals surface area contributed by atoms with Crippen molar-refractivity contribution >= 4 is 16.0 Å². The quantitative estimate of drug-likeness (QED) is 0.490. The van der Waals surface area contributed by atoms with Crippen LogP contribution in [0.1, 0.15) is 13.3 Å². The van der Waals surface area contributed by atoms with Gasteiger partial charge in [0.1, 0.15) is 9.84 Å². The number of ether oxygens (including phenoxy) is 2. The third-order valence-electron chi connectivity index (χ3n) is 1.14. The molecular weight excluding hydrogens is 196 g/mol. The van der Waals surface area contributed by atoms with Gasteiger partial charge in [0.05, 0.1) is 19.0 Å². The SMILES string of the molecule is CCOC(=O)OCCCS(C)(=O)=O. The Balaban J connectivity index is 3.41. The predicted octanol–water partition coefficient (Wildman–Crippen LogP) is 0.594. The maximum atomic E-state index is 10.6. The molecule has 0 radical (unpaired) electrons. The van der Waals surface area contributed by atoms with Gasteiger partial charge in [-0.1, -0.05) is 0 Å². The van der Waals surface area contributed by atoms with E-state index in [1.807, 2.05) is 0 Å². The molecule has 0 aliphatic carbocycles. The van der Waals surface area contributed by atoms with E-state index in [9.17, 15) is 13.2 Å². The van der Waals surface area contributed by atoms with E-state index in [2.05, 4.69) is 9.47 Å². The van der Waals surface area contributed by atoms with Gasteiger partial charge in [0.15, 0.2) is 0 Å². The maximum Gasteiger partial charge on any atom is 0.508 e. The first-order valence-corrected chi connectivity index (χ1v) is 5.99. The summed E-state index contributed by atoms with van der Waals surface area (Å²) in [6.07, 6.45) is 0.686. The molecule has 78 valence electrons. The van der Waals surface area contributed by atoms with E-state index in [4.69, 9.17) is 0 Å². The van der Waals surface area contributed by atoms with E-state index in [1.165, 1.54) is 0 Å². The first-order valence-electron chi connectivity index (χ1n) is 3.93. The summed E-state index contributed by atoms with van der Waals surface area (Å²) < 4.78 is 30.3. The standard InChI is InChI=1S/C7H14O5S/c1-3-11-7(8)12-5-4-6-13(2,9)10/h3-6H2,1-2H3. The number of hydrogen-bond donors (Lipinski definition) is 0. The minimum Gasteiger partial charge on any atom is -0.435 e. The van der Waals surface area contributed by atoms with E-state index < -0.39 is 16.0 Å². The van der Waals surface area contributed by atoms with Crippen molar-refractivity contribution in [2.45, 2.75) is 13.3 Å². The Labute approximate surface area is 77.9 Å². The first-order chi connectivity index (χ1) is 5.95. The summed E-state index contributed by atoms with van der Waals surface area (Å²) in [5, 5.41) is 0. The van der Waals surface area contributed by atoms with Gasteiger partial charge in [-0.15, -0.1) is 0 Å². The molecule has 0 N–H and O–H groups in total. The zero-order valence-corrected chi connectivity index (χ0v) is 8.59. The van der Waals surface area contributed by atoms with Crippen LogP contribution >= 0.6 is 0 Å². The van der Waals surface area contributed by atoms with Crippen molar-refractivity contribution in [2.24, 2.45) is 0 Å². The fraction of sp³-hybridized carbons (Fsp3) is 0.857. The highest BCUT2D eigenvalue weighted by Gasteiger charge is 2.04. The molecule has 0 aromatic carbocycles. The second-order valence-electron chi connectivity index (χ2n) is 2.51. The third kappa shape index (κ3) is 9.13. The number of carbonyl (C=O) groups excluding carboxylic acids is 1. The molecule has 5 nitrogen and oxygen atoms in total. The summed E-state index contributed by atoms with van der Waals surface area (Å²) in [7, 11) is -2.97. The van der Waals surface area contributed by atoms with Gasteiger partial charge in [0.2, 0.25) is 0 Å². The highest BCUT2D eigenvalue weighted by Crippen LogP contribution is 1.92. The highest BCUT2D eigenvalue weighted by molar-refractivity contribution is 7.90. The second kappa shape index (κ2) is 5.80. The zero-order valence-electron chi connectivity index (χ0n) is 7.78. The fourth-order valence-electron chi connectivity index (χ4n) is 0.636. The molecule has 6 heteroatoms. The van der Waals surface area contributed by atoms with Crippen molar-refractivity contribution in [3.05, 3.63) is 0 Å². The summed E-state index contributed by atoms with van der Waals surface area (Å²) in [4.78, 5) is 10.6. The molecule has 0 saturated heterocycles. The van der Waals surface area contributed by atoms with Gasteiger partial charge in [-0.2, -0.15) is 0 Å². The van der Waals surface area contributed by atoms with Gasteiger partial charge in [-0.3, -0.25) is 0 Å². The lowest BCUT2D eigenvalue weighted by atomic mass is 10.5. The van der Waals surface area contributed by atoms with Crippen molar-refractivity contribution in [3.63, 3.8) is 0 Å². The molecule has 0 aromatic rings. The molecule has 0 aliphatic rings. The minimum absolute atomic E-state index is 0.0202. The topological polar surface area (TPSA) is 69.7 Å². The molecule has 0 rings (SSSR count). The van der Waals surface area contributed by atoms with E-state index in [1.54, 1.807) is 6.92 Å². The minimum atomic E-state index is -2.97. The normalized spacial score (nSPS) is 10.9. The van der Waals surface area contributed by atoms with Gasteiger partial charge in [0.25, 0.3) is 0 Å². The van der Waals surface area contributed by atoms with Gasteiger partial charge >= 0.3 is 6.16 Å². The van der Waals surface area contributed by atoms with Crippen LogP contribution in [0.5, 0.6) is 0 Å². The van der Waals surface area contributed by atoms with E-state index >= 15 is 0 Å². The number of sulfone groups is 1. The largest absolute Gasteiger partial charge is 0.508 e. The zero-order chi connectivity index (χ0) is 10.3. The van der Waals surface area contributed by atoms with Crippen LogP contribution in [0.15, 0.2) is 0 Å². The van der Waals surface area contributed by atoms with Crippen LogP contribution < -0.4 is 0 Å². The van der Waals surface area contributed by atoms with Gasteiger partial charge in [-0.05, 0) is 13.3 Å². The van der Waals surface area contributed by atoms with Crippen LogP contribution in [0.4, 0.5) is 4.79 Å². The highest BCUT2D eigenvalue weighted by atomic mass is 32.2. The van der Waals surface area contributed by atoms with E-state index in [0.717, 1.165) is 6.26 Å². The molecule has 0 fully saturated rings. The molecule has 0 spiro atoms. The monoisotopic (exact) mass is 210 g/mol. The Morgan fingerprint density at radius 2 is 1.92 bits per heavy atom. The Morgan fingerprint density at radius 1 is 1.31 bits per heavy atom. The lowest BCUT2D eigenvalue weighted by molar-refractivity contribution is 0.0593. The molecule has 0 saturated carbocycles. The predicted molar refractivity (Wildman–Crippen MR) is 47.3 cm³/mol. The molecule has 0 atom stereocenters. The Bertz CT molecular complexity index is 244. The Hall–Kier alpha value is -0.780. The molecule has 13 heavy (non-hydrogen) atoms. The van der Waals surface area contributed by atoms with Gasteiger partial charge in [0, 0.05) is 6.26 Å². The summed E-state index contributed by atoms with van der Waals surface area (Å²) in [6.45, 7) is 1.99. The van der Waals surface area contributed by atoms with Crippen molar-refractivity contribution in [2.75, 3.05) is 25.2 Å². The van der Waals surface area contributed by atoms with Crippen LogP contribution in [0.25, 0.3) is 0 Å². The van der Waals surface area contributed by atoms with Crippen molar-refractivity contribution < 1.29 is 22.7 Å². The van der Waals surface area contributed by atoms with Crippen LogP contribution in [-0.2, 0) is 19.3 Å². The van der Waals surface area contributed by atoms with Crippen LogP contribution in [0.2, 0.25) is 0 Å². The lowest BCUT2D eigenvalue weighted by Gasteiger charge is -2.03. The molecule has 0 unspecified atom stereocenters. The third-order valence-corrected chi connectivity index (χ3v) is 2.17. The molecular formula is C7H14O5S. The second-order valence-corrected chi connectivity index (χ2v) is 4.77. The average molecular weight is 210 g/mol. The molecule has 0 bridgehead atoms. The molecule has 0 heterocycles. The molecule has 0 amide bonds. The van der Waals surface area contributed by atoms with Crippen molar-refractivity contribution in [1.82, 2.24) is 0 Å². The number of rotatable bonds is 5. The summed E-state index contributed by atoms with van der Waals surface area (Å²) >= 11 is 0. The van der Waals surface area contributed by atoms with Gasteiger partial charge < -0.3 is 9.47 Å². The maximum absolute atomic E-state index is 10.6. The smallest absolute Gasteiger partial charge is 0.435 e. The number of carbonyl (C=O) groups is 1. The Morgan fingerprint density at radius 3 is 2.38 bits per heavy atom. The molecule has 0 aromatic heterocycles.